The van der Waals surface area contributed by atoms with Gasteiger partial charge in [-0.3, -0.25) is 9.79 Å². The summed E-state index contributed by atoms with van der Waals surface area (Å²) in [5.41, 5.74) is 0.340. The Morgan fingerprint density at radius 3 is 2.47 bits per heavy atom. The first-order valence-electron chi connectivity index (χ1n) is 4.88. The molecule has 2 aromatic carbocycles. The van der Waals surface area contributed by atoms with Crippen LogP contribution in [0.2, 0.25) is 0 Å². The lowest BCUT2D eigenvalue weighted by Gasteiger charge is -2.13. The molecule has 0 fully saturated rings. The largest absolute Gasteiger partial charge is 0.524 e. The fourth-order valence-electron chi connectivity index (χ4n) is 1.64. The zero-order valence-electron chi connectivity index (χ0n) is 8.78. The Labute approximate surface area is 97.5 Å². The highest BCUT2D eigenvalue weighted by Crippen LogP contribution is 2.42. The van der Waals surface area contributed by atoms with Crippen LogP contribution in [0.25, 0.3) is 10.8 Å². The molecule has 0 atom stereocenters. The molecule has 3 N–H and O–H groups in total. The van der Waals surface area contributed by atoms with E-state index in [4.69, 9.17) is 14.9 Å². The SMILES string of the molecule is O=P(O)(O)Oc1c(CO)ccc2ccccc12. The molecular formula is C11H11O5P. The first-order valence-corrected chi connectivity index (χ1v) is 6.41. The average Bonchev–Trinajstić information content (AvgIpc) is 2.28. The van der Waals surface area contributed by atoms with E-state index in [0.29, 0.717) is 10.9 Å². The molecule has 0 heterocycles. The van der Waals surface area contributed by atoms with E-state index in [1.807, 2.05) is 6.07 Å². The number of phosphoric acid groups is 1. The second-order valence-corrected chi connectivity index (χ2v) is 4.68. The number of hydrogen-bond donors (Lipinski definition) is 3. The van der Waals surface area contributed by atoms with Crippen molar-refractivity contribution in [3.8, 4) is 5.75 Å². The van der Waals surface area contributed by atoms with Gasteiger partial charge in [0.25, 0.3) is 0 Å². The van der Waals surface area contributed by atoms with Gasteiger partial charge in [-0.15, -0.1) is 0 Å². The highest BCUT2D eigenvalue weighted by atomic mass is 31.2. The van der Waals surface area contributed by atoms with Gasteiger partial charge in [0.2, 0.25) is 0 Å². The summed E-state index contributed by atoms with van der Waals surface area (Å²) in [7, 11) is -4.64. The van der Waals surface area contributed by atoms with Crippen molar-refractivity contribution in [3.05, 3.63) is 42.0 Å². The molecule has 0 aliphatic rings. The first kappa shape index (κ1) is 12.1. The molecule has 0 saturated carbocycles. The number of phosphoric ester groups is 1. The summed E-state index contributed by atoms with van der Waals surface area (Å²) in [6, 6.07) is 10.3. The van der Waals surface area contributed by atoms with E-state index in [1.165, 1.54) is 0 Å². The fraction of sp³-hybridized carbons (Fsp3) is 0.0909. The lowest BCUT2D eigenvalue weighted by atomic mass is 10.1. The van der Waals surface area contributed by atoms with Crippen LogP contribution in [0.1, 0.15) is 5.56 Å². The van der Waals surface area contributed by atoms with Gasteiger partial charge in [-0.1, -0.05) is 36.4 Å². The third-order valence-corrected chi connectivity index (χ3v) is 2.76. The van der Waals surface area contributed by atoms with Crippen LogP contribution in [0.5, 0.6) is 5.75 Å². The Balaban J connectivity index is 2.67. The normalized spacial score (nSPS) is 11.7. The molecule has 2 aromatic rings. The van der Waals surface area contributed by atoms with Crippen molar-refractivity contribution in [1.82, 2.24) is 0 Å². The molecule has 17 heavy (non-hydrogen) atoms. The number of aliphatic hydroxyl groups excluding tert-OH is 1. The molecule has 0 aliphatic heterocycles. The molecule has 0 amide bonds. The van der Waals surface area contributed by atoms with E-state index in [9.17, 15) is 4.57 Å². The van der Waals surface area contributed by atoms with Gasteiger partial charge in [0.1, 0.15) is 5.75 Å². The second kappa shape index (κ2) is 4.47. The standard InChI is InChI=1S/C11H11O5P/c12-7-9-6-5-8-3-1-2-4-10(8)11(9)16-17(13,14)15/h1-6,12H,7H2,(H2,13,14,15). The minimum atomic E-state index is -4.64. The van der Waals surface area contributed by atoms with E-state index >= 15 is 0 Å². The number of rotatable bonds is 3. The van der Waals surface area contributed by atoms with Crippen molar-refractivity contribution >= 4 is 18.6 Å². The van der Waals surface area contributed by atoms with E-state index in [-0.39, 0.29) is 12.4 Å². The van der Waals surface area contributed by atoms with Gasteiger partial charge in [-0.2, -0.15) is 0 Å². The van der Waals surface area contributed by atoms with Crippen molar-refractivity contribution in [2.45, 2.75) is 6.61 Å². The minimum absolute atomic E-state index is 0.0268. The summed E-state index contributed by atoms with van der Waals surface area (Å²) in [4.78, 5) is 17.7. The van der Waals surface area contributed by atoms with E-state index in [1.54, 1.807) is 30.3 Å². The zero-order valence-corrected chi connectivity index (χ0v) is 9.67. The summed E-state index contributed by atoms with van der Waals surface area (Å²) >= 11 is 0. The van der Waals surface area contributed by atoms with Crippen molar-refractivity contribution in [1.29, 1.82) is 0 Å². The Morgan fingerprint density at radius 1 is 1.12 bits per heavy atom. The third-order valence-electron chi connectivity index (χ3n) is 2.34. The molecule has 5 nitrogen and oxygen atoms in total. The smallest absolute Gasteiger partial charge is 0.403 e. The van der Waals surface area contributed by atoms with Crippen LogP contribution in [0.15, 0.2) is 36.4 Å². The molecular weight excluding hydrogens is 243 g/mol. The molecule has 0 bridgehead atoms. The van der Waals surface area contributed by atoms with Crippen LogP contribution >= 0.6 is 7.82 Å². The fourth-order valence-corrected chi connectivity index (χ4v) is 2.09. The molecule has 2 rings (SSSR count). The van der Waals surface area contributed by atoms with Gasteiger partial charge in [-0.25, -0.2) is 4.57 Å². The summed E-state index contributed by atoms with van der Waals surface area (Å²) in [6.07, 6.45) is 0. The van der Waals surface area contributed by atoms with Crippen molar-refractivity contribution in [2.75, 3.05) is 0 Å². The van der Waals surface area contributed by atoms with Crippen LogP contribution in [0.3, 0.4) is 0 Å². The van der Waals surface area contributed by atoms with Crippen LogP contribution in [-0.4, -0.2) is 14.9 Å². The van der Waals surface area contributed by atoms with Gasteiger partial charge in [0, 0.05) is 10.9 Å². The van der Waals surface area contributed by atoms with E-state index in [0.717, 1.165) is 5.39 Å². The Hall–Kier alpha value is -1.39. The van der Waals surface area contributed by atoms with E-state index in [2.05, 4.69) is 4.52 Å². The number of aliphatic hydroxyl groups is 1. The average molecular weight is 254 g/mol. The molecule has 0 radical (unpaired) electrons. The Bertz CT molecular complexity index is 589. The predicted octanol–water partition coefficient (Wildman–Crippen LogP) is 1.80. The molecule has 0 unspecified atom stereocenters. The number of benzene rings is 2. The van der Waals surface area contributed by atoms with Gasteiger partial charge < -0.3 is 9.63 Å². The maximum atomic E-state index is 10.9. The van der Waals surface area contributed by atoms with Crippen LogP contribution in [0.4, 0.5) is 0 Å². The highest BCUT2D eigenvalue weighted by Gasteiger charge is 2.20. The van der Waals surface area contributed by atoms with Crippen LogP contribution in [0, 0.1) is 0 Å². The molecule has 0 aliphatic carbocycles. The third kappa shape index (κ3) is 2.65. The number of fused-ring (bicyclic) bond motifs is 1. The van der Waals surface area contributed by atoms with Crippen LogP contribution in [-0.2, 0) is 11.2 Å². The van der Waals surface area contributed by atoms with Crippen molar-refractivity contribution < 1.29 is 24.0 Å². The zero-order chi connectivity index (χ0) is 12.5. The molecule has 90 valence electrons. The molecule has 0 spiro atoms. The molecule has 0 saturated heterocycles. The van der Waals surface area contributed by atoms with E-state index < -0.39 is 7.82 Å². The molecule has 0 aromatic heterocycles. The maximum Gasteiger partial charge on any atom is 0.524 e. The van der Waals surface area contributed by atoms with Crippen LogP contribution < -0.4 is 4.52 Å². The highest BCUT2D eigenvalue weighted by molar-refractivity contribution is 7.46. The van der Waals surface area contributed by atoms with Gasteiger partial charge in [0.15, 0.2) is 0 Å². The monoisotopic (exact) mass is 254 g/mol. The predicted molar refractivity (Wildman–Crippen MR) is 62.5 cm³/mol. The molecule has 6 heteroatoms. The minimum Gasteiger partial charge on any atom is -0.403 e. The number of hydrogen-bond acceptors (Lipinski definition) is 3. The lowest BCUT2D eigenvalue weighted by molar-refractivity contribution is 0.265. The Kier molecular flexibility index (Phi) is 3.17. The summed E-state index contributed by atoms with van der Waals surface area (Å²) in [5.74, 6) is 0.0268. The summed E-state index contributed by atoms with van der Waals surface area (Å²) < 4.78 is 15.5. The topological polar surface area (TPSA) is 87.0 Å². The van der Waals surface area contributed by atoms with Gasteiger partial charge >= 0.3 is 7.82 Å². The second-order valence-electron chi connectivity index (χ2n) is 3.51. The first-order chi connectivity index (χ1) is 8.01. The van der Waals surface area contributed by atoms with Crippen molar-refractivity contribution in [2.24, 2.45) is 0 Å². The Morgan fingerprint density at radius 2 is 1.82 bits per heavy atom. The van der Waals surface area contributed by atoms with Crippen molar-refractivity contribution in [3.63, 3.8) is 0 Å². The summed E-state index contributed by atoms with van der Waals surface area (Å²) in [6.45, 7) is -0.347. The summed E-state index contributed by atoms with van der Waals surface area (Å²) in [5, 5.41) is 10.5. The maximum absolute atomic E-state index is 10.9. The quantitative estimate of drug-likeness (QED) is 0.727. The lowest BCUT2D eigenvalue weighted by Crippen LogP contribution is -1.96. The van der Waals surface area contributed by atoms with Gasteiger partial charge in [0.05, 0.1) is 6.61 Å². The van der Waals surface area contributed by atoms with Gasteiger partial charge in [-0.05, 0) is 5.39 Å².